The van der Waals surface area contributed by atoms with Gasteiger partial charge in [-0.25, -0.2) is 0 Å². The summed E-state index contributed by atoms with van der Waals surface area (Å²) in [6.45, 7) is 7.26. The molecule has 2 N–H and O–H groups in total. The number of aryl methyl sites for hydroxylation is 2. The average molecular weight is 421 g/mol. The fraction of sp³-hybridized carbons (Fsp3) is 0.333. The molecule has 0 bridgehead atoms. The summed E-state index contributed by atoms with van der Waals surface area (Å²) < 4.78 is 2.30. The van der Waals surface area contributed by atoms with E-state index in [1.165, 1.54) is 22.5 Å². The molecule has 0 radical (unpaired) electrons. The summed E-state index contributed by atoms with van der Waals surface area (Å²) in [5.74, 6) is 0. The molecule has 0 aliphatic carbocycles. The van der Waals surface area contributed by atoms with E-state index in [4.69, 9.17) is 12.2 Å². The number of aliphatic hydroxyl groups excluding tert-OH is 1. The van der Waals surface area contributed by atoms with Crippen LogP contribution in [0.15, 0.2) is 54.7 Å². The first kappa shape index (κ1) is 20.6. The molecule has 156 valence electrons. The monoisotopic (exact) mass is 420 g/mol. The highest BCUT2D eigenvalue weighted by molar-refractivity contribution is 7.80. The maximum absolute atomic E-state index is 9.42. The Hall–Kier alpha value is -2.70. The SMILES string of the molecule is Cc1ccc(-n2c(C)cc([C@H]3[C@H](c4ccccn4)NC(=S)N3CCCO)c2C)cc1. The topological polar surface area (TPSA) is 53.3 Å². The molecule has 2 atom stereocenters. The summed E-state index contributed by atoms with van der Waals surface area (Å²) in [7, 11) is 0. The molecule has 6 heteroatoms. The molecule has 5 nitrogen and oxygen atoms in total. The Morgan fingerprint density at radius 1 is 1.10 bits per heavy atom. The average Bonchev–Trinajstić information content (AvgIpc) is 3.23. The van der Waals surface area contributed by atoms with Crippen LogP contribution in [0, 0.1) is 20.8 Å². The van der Waals surface area contributed by atoms with Gasteiger partial charge in [-0.3, -0.25) is 4.98 Å². The maximum Gasteiger partial charge on any atom is 0.170 e. The van der Waals surface area contributed by atoms with Gasteiger partial charge in [0.05, 0.1) is 17.8 Å². The molecular formula is C24H28N4OS. The summed E-state index contributed by atoms with van der Waals surface area (Å²) in [6, 6.07) is 16.8. The molecule has 1 aromatic carbocycles. The van der Waals surface area contributed by atoms with Gasteiger partial charge < -0.3 is 19.9 Å². The second-order valence-corrected chi connectivity index (χ2v) is 8.28. The minimum absolute atomic E-state index is 0.0179. The number of aliphatic hydroxyl groups is 1. The van der Waals surface area contributed by atoms with Crippen molar-refractivity contribution in [3.8, 4) is 5.69 Å². The molecule has 0 amide bonds. The highest BCUT2D eigenvalue weighted by Gasteiger charge is 2.41. The Labute approximate surface area is 183 Å². The van der Waals surface area contributed by atoms with Crippen molar-refractivity contribution < 1.29 is 5.11 Å². The van der Waals surface area contributed by atoms with E-state index in [1.807, 2.05) is 24.4 Å². The number of aromatic nitrogens is 2. The van der Waals surface area contributed by atoms with Crippen molar-refractivity contribution in [3.63, 3.8) is 0 Å². The molecule has 1 aliphatic heterocycles. The fourth-order valence-corrected chi connectivity index (χ4v) is 4.74. The van der Waals surface area contributed by atoms with Crippen LogP contribution in [0.25, 0.3) is 5.69 Å². The molecule has 0 unspecified atom stereocenters. The maximum atomic E-state index is 9.42. The van der Waals surface area contributed by atoms with E-state index >= 15 is 0 Å². The molecule has 30 heavy (non-hydrogen) atoms. The highest BCUT2D eigenvalue weighted by Crippen LogP contribution is 2.41. The van der Waals surface area contributed by atoms with Gasteiger partial charge in [0.1, 0.15) is 0 Å². The molecule has 4 rings (SSSR count). The zero-order valence-electron chi connectivity index (χ0n) is 17.7. The van der Waals surface area contributed by atoms with E-state index in [-0.39, 0.29) is 18.7 Å². The van der Waals surface area contributed by atoms with Gasteiger partial charge in [0.2, 0.25) is 0 Å². The van der Waals surface area contributed by atoms with Crippen molar-refractivity contribution in [2.75, 3.05) is 13.2 Å². The Morgan fingerprint density at radius 2 is 1.87 bits per heavy atom. The third kappa shape index (κ3) is 3.73. The van der Waals surface area contributed by atoms with Gasteiger partial charge in [-0.15, -0.1) is 0 Å². The van der Waals surface area contributed by atoms with Crippen molar-refractivity contribution in [3.05, 3.63) is 82.9 Å². The normalized spacial score (nSPS) is 18.7. The molecule has 0 saturated carbocycles. The van der Waals surface area contributed by atoms with Crippen molar-refractivity contribution in [1.29, 1.82) is 0 Å². The number of rotatable bonds is 6. The van der Waals surface area contributed by atoms with Crippen LogP contribution in [0.1, 0.15) is 46.7 Å². The summed E-state index contributed by atoms with van der Waals surface area (Å²) in [6.07, 6.45) is 2.49. The highest BCUT2D eigenvalue weighted by atomic mass is 32.1. The molecular weight excluding hydrogens is 392 g/mol. The molecule has 2 aromatic heterocycles. The molecule has 3 aromatic rings. The zero-order valence-corrected chi connectivity index (χ0v) is 18.5. The number of nitrogens with one attached hydrogen (secondary N) is 1. The van der Waals surface area contributed by atoms with Crippen LogP contribution in [-0.4, -0.2) is 37.8 Å². The minimum Gasteiger partial charge on any atom is -0.396 e. The van der Waals surface area contributed by atoms with Crippen LogP contribution < -0.4 is 5.32 Å². The summed E-state index contributed by atoms with van der Waals surface area (Å²) >= 11 is 5.70. The molecule has 1 fully saturated rings. The Morgan fingerprint density at radius 3 is 2.53 bits per heavy atom. The van der Waals surface area contributed by atoms with Crippen LogP contribution in [0.4, 0.5) is 0 Å². The van der Waals surface area contributed by atoms with Crippen LogP contribution in [0.5, 0.6) is 0 Å². The van der Waals surface area contributed by atoms with Gasteiger partial charge in [-0.05, 0) is 75.3 Å². The first-order valence-corrected chi connectivity index (χ1v) is 10.8. The molecule has 1 saturated heterocycles. The van der Waals surface area contributed by atoms with Crippen molar-refractivity contribution in [2.24, 2.45) is 0 Å². The van der Waals surface area contributed by atoms with Crippen LogP contribution in [0.2, 0.25) is 0 Å². The smallest absolute Gasteiger partial charge is 0.170 e. The second-order valence-electron chi connectivity index (χ2n) is 7.89. The number of pyridine rings is 1. The summed E-state index contributed by atoms with van der Waals surface area (Å²) in [4.78, 5) is 6.81. The van der Waals surface area contributed by atoms with Crippen LogP contribution in [-0.2, 0) is 0 Å². The largest absolute Gasteiger partial charge is 0.396 e. The predicted octanol–water partition coefficient (Wildman–Crippen LogP) is 4.15. The van der Waals surface area contributed by atoms with Gasteiger partial charge in [0.15, 0.2) is 5.11 Å². The third-order valence-electron chi connectivity index (χ3n) is 5.84. The third-order valence-corrected chi connectivity index (χ3v) is 6.19. The van der Waals surface area contributed by atoms with Crippen molar-refractivity contribution in [2.45, 2.75) is 39.3 Å². The predicted molar refractivity (Wildman–Crippen MR) is 124 cm³/mol. The first-order valence-electron chi connectivity index (χ1n) is 10.4. The summed E-state index contributed by atoms with van der Waals surface area (Å²) in [5, 5.41) is 13.6. The minimum atomic E-state index is -0.0376. The van der Waals surface area contributed by atoms with Gasteiger partial charge in [-0.1, -0.05) is 23.8 Å². The molecule has 3 heterocycles. The quantitative estimate of drug-likeness (QED) is 0.587. The Kier molecular flexibility index (Phi) is 5.88. The van der Waals surface area contributed by atoms with Gasteiger partial charge >= 0.3 is 0 Å². The number of thiocarbonyl (C=S) groups is 1. The van der Waals surface area contributed by atoms with Gasteiger partial charge in [0.25, 0.3) is 0 Å². The number of hydrogen-bond donors (Lipinski definition) is 2. The molecule has 1 aliphatic rings. The van der Waals surface area contributed by atoms with Crippen molar-refractivity contribution >= 4 is 17.3 Å². The molecule has 0 spiro atoms. The Bertz CT molecular complexity index is 1030. The van der Waals surface area contributed by atoms with Gasteiger partial charge in [-0.2, -0.15) is 0 Å². The lowest BCUT2D eigenvalue weighted by molar-refractivity contribution is 0.247. The van der Waals surface area contributed by atoms with Crippen LogP contribution in [0.3, 0.4) is 0 Å². The fourth-order valence-electron chi connectivity index (χ4n) is 4.40. The van der Waals surface area contributed by atoms with E-state index in [0.29, 0.717) is 18.1 Å². The Balaban J connectivity index is 1.81. The van der Waals surface area contributed by atoms with E-state index in [0.717, 1.165) is 11.4 Å². The lowest BCUT2D eigenvalue weighted by Gasteiger charge is -2.28. The standard InChI is InChI=1S/C24H28N4OS/c1-16-8-10-19(11-9-16)28-17(2)15-20(18(28)3)23-22(21-7-4-5-12-25-21)26-24(30)27(23)13-6-14-29/h4-5,7-12,15,22-23,29H,6,13-14H2,1-3H3,(H,26,30)/t22-,23-/m0/s1. The van der Waals surface area contributed by atoms with E-state index in [2.05, 4.69) is 70.9 Å². The lowest BCUT2D eigenvalue weighted by atomic mass is 9.96. The van der Waals surface area contributed by atoms with E-state index in [1.54, 1.807) is 0 Å². The second kappa shape index (κ2) is 8.58. The van der Waals surface area contributed by atoms with Crippen LogP contribution >= 0.6 is 12.2 Å². The first-order chi connectivity index (χ1) is 14.5. The van der Waals surface area contributed by atoms with Crippen molar-refractivity contribution in [1.82, 2.24) is 19.8 Å². The zero-order chi connectivity index (χ0) is 21.3. The summed E-state index contributed by atoms with van der Waals surface area (Å²) in [5.41, 5.74) is 6.99. The van der Waals surface area contributed by atoms with E-state index < -0.39 is 0 Å². The lowest BCUT2D eigenvalue weighted by Crippen LogP contribution is -2.31. The number of nitrogens with zero attached hydrogens (tertiary/aromatic N) is 3. The van der Waals surface area contributed by atoms with E-state index in [9.17, 15) is 5.11 Å². The number of benzene rings is 1. The van der Waals surface area contributed by atoms with Gasteiger partial charge in [0, 0.05) is 36.4 Å². The number of hydrogen-bond acceptors (Lipinski definition) is 3.